The molecule has 1 aliphatic heterocycles. The number of nitrogens with zero attached hydrogens (tertiary/aromatic N) is 3. The second-order valence-electron chi connectivity index (χ2n) is 8.53. The average Bonchev–Trinajstić information content (AvgIpc) is 3.55. The Bertz CT molecular complexity index is 1470. The number of amides is 2. The van der Waals surface area contributed by atoms with Crippen LogP contribution >= 0.6 is 22.9 Å². The fourth-order valence-electron chi connectivity index (χ4n) is 3.98. The second kappa shape index (κ2) is 12.1. The van der Waals surface area contributed by atoms with Crippen molar-refractivity contribution in [1.29, 1.82) is 0 Å². The van der Waals surface area contributed by atoms with Gasteiger partial charge in [-0.1, -0.05) is 24.9 Å². The van der Waals surface area contributed by atoms with Gasteiger partial charge in [-0.15, -0.1) is 11.3 Å². The van der Waals surface area contributed by atoms with Crippen LogP contribution < -0.4 is 20.7 Å². The van der Waals surface area contributed by atoms with E-state index in [1.165, 1.54) is 30.5 Å². The zero-order valence-corrected chi connectivity index (χ0v) is 23.6. The minimum absolute atomic E-state index is 0.0113. The molecule has 0 bridgehead atoms. The lowest BCUT2D eigenvalue weighted by Gasteiger charge is -2.31. The summed E-state index contributed by atoms with van der Waals surface area (Å²) in [4.78, 5) is 37.7. The van der Waals surface area contributed by atoms with E-state index in [0.717, 1.165) is 28.5 Å². The minimum atomic E-state index is -4.19. The predicted octanol–water partition coefficient (Wildman–Crippen LogP) is 3.51. The van der Waals surface area contributed by atoms with E-state index in [-0.39, 0.29) is 33.1 Å². The molecule has 0 spiro atoms. The maximum Gasteiger partial charge on any atom is 0.338 e. The number of hydrogen-bond donors (Lipinski definition) is 4. The third-order valence-electron chi connectivity index (χ3n) is 5.84. The van der Waals surface area contributed by atoms with E-state index in [2.05, 4.69) is 25.6 Å². The number of imidazole rings is 1. The highest BCUT2D eigenvalue weighted by Gasteiger charge is 2.39. The number of halogens is 1. The van der Waals surface area contributed by atoms with E-state index in [1.807, 2.05) is 6.92 Å². The number of ether oxygens (including phenoxy) is 1. The molecule has 12 nitrogen and oxygen atoms in total. The van der Waals surface area contributed by atoms with E-state index < -0.39 is 34.6 Å². The number of H-pyrrole nitrogens is 1. The van der Waals surface area contributed by atoms with Crippen LogP contribution in [-0.4, -0.2) is 48.5 Å². The first-order chi connectivity index (χ1) is 18.6. The standard InChI is InChI=1S/C24H28ClN7O5S2/c1-3-5-6-17-29-20(21(25)30-17)19-18(22(33)37-4-2)16(28-23(34)31-19)13-32(24-27-11-12-38-24)39(35,36)15-9-7-14(26)8-10-15/h7-12,19H,3-6,13,26H2,1-2H3,(H,29,30)(H2,28,31,34). The molecule has 1 unspecified atom stereocenters. The molecule has 0 aliphatic carbocycles. The summed E-state index contributed by atoms with van der Waals surface area (Å²) in [5.74, 6) is -0.153. The Hall–Kier alpha value is -3.62. The Kier molecular flexibility index (Phi) is 8.77. The van der Waals surface area contributed by atoms with Gasteiger partial charge in [-0.25, -0.2) is 32.3 Å². The van der Waals surface area contributed by atoms with Gasteiger partial charge in [0.2, 0.25) is 0 Å². The zero-order chi connectivity index (χ0) is 28.2. The van der Waals surface area contributed by atoms with Crippen LogP contribution in [0, 0.1) is 0 Å². The molecule has 5 N–H and O–H groups in total. The summed E-state index contributed by atoms with van der Waals surface area (Å²) in [6, 6.07) is 3.95. The molecule has 0 fully saturated rings. The van der Waals surface area contributed by atoms with Gasteiger partial charge in [0.15, 0.2) is 10.3 Å². The molecule has 0 radical (unpaired) electrons. The highest BCUT2D eigenvalue weighted by Crippen LogP contribution is 2.34. The zero-order valence-electron chi connectivity index (χ0n) is 21.2. The molecule has 0 saturated carbocycles. The maximum absolute atomic E-state index is 13.8. The number of urea groups is 1. The SMILES string of the molecule is CCCCc1nc(Cl)c(C2NC(=O)NC(CN(c3nccs3)S(=O)(=O)c3ccc(N)cc3)=C2C(=O)OCC)[nH]1. The van der Waals surface area contributed by atoms with Crippen LogP contribution in [-0.2, 0) is 26.0 Å². The molecular weight excluding hydrogens is 566 g/mol. The minimum Gasteiger partial charge on any atom is -0.463 e. The molecule has 4 rings (SSSR count). The van der Waals surface area contributed by atoms with Gasteiger partial charge < -0.3 is 26.1 Å². The highest BCUT2D eigenvalue weighted by atomic mass is 35.5. The quantitative estimate of drug-likeness (QED) is 0.193. The predicted molar refractivity (Wildman–Crippen MR) is 148 cm³/mol. The number of hydrogen-bond acceptors (Lipinski definition) is 9. The van der Waals surface area contributed by atoms with Gasteiger partial charge in [0.1, 0.15) is 11.9 Å². The van der Waals surface area contributed by atoms with Crippen molar-refractivity contribution in [2.75, 3.05) is 23.2 Å². The van der Waals surface area contributed by atoms with Gasteiger partial charge in [0, 0.05) is 23.7 Å². The first-order valence-corrected chi connectivity index (χ1v) is 14.8. The van der Waals surface area contributed by atoms with Crippen molar-refractivity contribution < 1.29 is 22.7 Å². The number of aromatic nitrogens is 3. The molecule has 3 heterocycles. The summed E-state index contributed by atoms with van der Waals surface area (Å²) in [6.07, 6.45) is 3.88. The van der Waals surface area contributed by atoms with E-state index >= 15 is 0 Å². The fraction of sp³-hybridized carbons (Fsp3) is 0.333. The summed E-state index contributed by atoms with van der Waals surface area (Å²) in [7, 11) is -4.19. The number of esters is 1. The largest absolute Gasteiger partial charge is 0.463 e. The number of aryl methyl sites for hydroxylation is 1. The van der Waals surface area contributed by atoms with Crippen LogP contribution in [0.1, 0.15) is 44.2 Å². The van der Waals surface area contributed by atoms with Crippen LogP contribution in [0.2, 0.25) is 5.15 Å². The average molecular weight is 594 g/mol. The van der Waals surface area contributed by atoms with Crippen LogP contribution in [0.5, 0.6) is 0 Å². The number of aromatic amines is 1. The van der Waals surface area contributed by atoms with Crippen LogP contribution in [0.4, 0.5) is 15.6 Å². The number of anilines is 2. The Labute approximate surface area is 234 Å². The number of carbonyl (C=O) groups is 2. The van der Waals surface area contributed by atoms with Crippen LogP contribution in [0.25, 0.3) is 0 Å². The normalized spacial score (nSPS) is 15.6. The third-order valence-corrected chi connectivity index (χ3v) is 8.79. The number of nitrogen functional groups attached to an aromatic ring is 1. The monoisotopic (exact) mass is 593 g/mol. The van der Waals surface area contributed by atoms with Crippen LogP contribution in [0.3, 0.4) is 0 Å². The molecule has 3 aromatic rings. The van der Waals surface area contributed by atoms with Crippen molar-refractivity contribution in [1.82, 2.24) is 25.6 Å². The van der Waals surface area contributed by atoms with Gasteiger partial charge in [0.25, 0.3) is 10.0 Å². The number of nitrogens with one attached hydrogen (secondary N) is 3. The number of sulfonamides is 1. The molecular formula is C24H28ClN7O5S2. The van der Waals surface area contributed by atoms with Crippen LogP contribution in [0.15, 0.2) is 52.0 Å². The summed E-state index contributed by atoms with van der Waals surface area (Å²) in [5, 5.41) is 7.12. The van der Waals surface area contributed by atoms with Crippen molar-refractivity contribution in [2.45, 2.75) is 44.0 Å². The number of benzene rings is 1. The van der Waals surface area contributed by atoms with Crippen molar-refractivity contribution in [2.24, 2.45) is 0 Å². The molecule has 2 aromatic heterocycles. The van der Waals surface area contributed by atoms with Crippen molar-refractivity contribution in [3.63, 3.8) is 0 Å². The number of carbonyl (C=O) groups excluding carboxylic acids is 2. The van der Waals surface area contributed by atoms with Gasteiger partial charge in [-0.2, -0.15) is 0 Å². The molecule has 208 valence electrons. The molecule has 15 heteroatoms. The van der Waals surface area contributed by atoms with Crippen molar-refractivity contribution in [3.8, 4) is 0 Å². The molecule has 1 aromatic carbocycles. The molecule has 1 atom stereocenters. The maximum atomic E-state index is 13.8. The topological polar surface area (TPSA) is 172 Å². The van der Waals surface area contributed by atoms with Crippen molar-refractivity contribution >= 4 is 55.8 Å². The highest BCUT2D eigenvalue weighted by molar-refractivity contribution is 7.93. The van der Waals surface area contributed by atoms with Gasteiger partial charge in [-0.05, 0) is 37.6 Å². The summed E-state index contributed by atoms with van der Waals surface area (Å²) in [6.45, 7) is 3.31. The Morgan fingerprint density at radius 3 is 2.64 bits per heavy atom. The molecule has 0 saturated heterocycles. The van der Waals surface area contributed by atoms with E-state index in [1.54, 1.807) is 12.3 Å². The third kappa shape index (κ3) is 6.18. The molecule has 2 amide bonds. The number of rotatable bonds is 11. The fourth-order valence-corrected chi connectivity index (χ4v) is 6.50. The summed E-state index contributed by atoms with van der Waals surface area (Å²) in [5.41, 5.74) is 6.43. The molecule has 1 aliphatic rings. The lowest BCUT2D eigenvalue weighted by molar-refractivity contribution is -0.139. The Morgan fingerprint density at radius 2 is 2.00 bits per heavy atom. The first-order valence-electron chi connectivity index (χ1n) is 12.1. The lowest BCUT2D eigenvalue weighted by Crippen LogP contribution is -2.49. The lowest BCUT2D eigenvalue weighted by atomic mass is 9.99. The Balaban J connectivity index is 1.83. The van der Waals surface area contributed by atoms with Crippen molar-refractivity contribution in [3.05, 3.63) is 63.8 Å². The number of thiazole rings is 1. The molecule has 39 heavy (non-hydrogen) atoms. The van der Waals surface area contributed by atoms with E-state index in [9.17, 15) is 18.0 Å². The summed E-state index contributed by atoms with van der Waals surface area (Å²) < 4.78 is 33.8. The van der Waals surface area contributed by atoms with Gasteiger partial charge in [-0.3, -0.25) is 0 Å². The first kappa shape index (κ1) is 28.4. The smallest absolute Gasteiger partial charge is 0.338 e. The van der Waals surface area contributed by atoms with E-state index in [0.29, 0.717) is 23.6 Å². The number of nitrogens with two attached hydrogens (primary N) is 1. The number of unbranched alkanes of at least 4 members (excludes halogenated alkanes) is 1. The Morgan fingerprint density at radius 1 is 1.26 bits per heavy atom. The summed E-state index contributed by atoms with van der Waals surface area (Å²) >= 11 is 7.52. The van der Waals surface area contributed by atoms with E-state index in [4.69, 9.17) is 22.1 Å². The van der Waals surface area contributed by atoms with Gasteiger partial charge in [0.05, 0.1) is 35.0 Å². The van der Waals surface area contributed by atoms with Gasteiger partial charge >= 0.3 is 12.0 Å². The second-order valence-corrected chi connectivity index (χ2v) is 11.6.